The molecule has 6 heteroatoms. The molecule has 1 saturated carbocycles. The molecule has 0 radical (unpaired) electrons. The van der Waals surface area contributed by atoms with Gasteiger partial charge in [0.2, 0.25) is 0 Å². The van der Waals surface area contributed by atoms with Gasteiger partial charge in [0.05, 0.1) is 15.6 Å². The molecule has 1 amide bonds. The van der Waals surface area contributed by atoms with Crippen molar-refractivity contribution in [2.24, 2.45) is 0 Å². The van der Waals surface area contributed by atoms with Gasteiger partial charge in [-0.25, -0.2) is 4.98 Å². The van der Waals surface area contributed by atoms with Crippen molar-refractivity contribution >= 4 is 34.9 Å². The molecular formula is C16H15Cl2N3O. The lowest BCUT2D eigenvalue weighted by Crippen LogP contribution is -2.25. The molecule has 2 N–H and O–H groups in total. The Kier molecular flexibility index (Phi) is 4.50. The van der Waals surface area contributed by atoms with Crippen LogP contribution in [0.25, 0.3) is 0 Å². The van der Waals surface area contributed by atoms with Crippen molar-refractivity contribution in [2.45, 2.75) is 25.4 Å². The summed E-state index contributed by atoms with van der Waals surface area (Å²) in [5.74, 6) is 0.639. The van der Waals surface area contributed by atoms with E-state index in [1.165, 1.54) is 0 Å². The van der Waals surface area contributed by atoms with E-state index in [0.29, 0.717) is 34.0 Å². The topological polar surface area (TPSA) is 54.0 Å². The van der Waals surface area contributed by atoms with Gasteiger partial charge in [-0.1, -0.05) is 29.3 Å². The number of nitrogens with one attached hydrogen (secondary N) is 2. The van der Waals surface area contributed by atoms with Crippen LogP contribution in [-0.4, -0.2) is 16.9 Å². The van der Waals surface area contributed by atoms with E-state index in [-0.39, 0.29) is 5.91 Å². The summed E-state index contributed by atoms with van der Waals surface area (Å²) in [5.41, 5.74) is 1.58. The van der Waals surface area contributed by atoms with Crippen LogP contribution in [0.5, 0.6) is 0 Å². The van der Waals surface area contributed by atoms with Crippen LogP contribution < -0.4 is 10.6 Å². The number of halogens is 2. The van der Waals surface area contributed by atoms with Crippen LogP contribution in [-0.2, 0) is 6.54 Å². The van der Waals surface area contributed by atoms with Crippen LogP contribution in [0.1, 0.15) is 28.8 Å². The van der Waals surface area contributed by atoms with Crippen molar-refractivity contribution in [3.8, 4) is 0 Å². The second-order valence-electron chi connectivity index (χ2n) is 5.28. The normalized spacial score (nSPS) is 13.7. The Hall–Kier alpha value is -1.78. The molecule has 2 aromatic rings. The van der Waals surface area contributed by atoms with E-state index in [1.54, 1.807) is 24.4 Å². The summed E-state index contributed by atoms with van der Waals surface area (Å²) in [4.78, 5) is 16.1. The molecule has 0 unspecified atom stereocenters. The zero-order valence-electron chi connectivity index (χ0n) is 11.8. The number of rotatable bonds is 5. The third kappa shape index (κ3) is 3.90. The van der Waals surface area contributed by atoms with Crippen LogP contribution in [0.3, 0.4) is 0 Å². The first-order chi connectivity index (χ1) is 10.6. The van der Waals surface area contributed by atoms with E-state index in [0.717, 1.165) is 18.4 Å². The Balaban J connectivity index is 1.58. The van der Waals surface area contributed by atoms with Crippen molar-refractivity contribution in [1.82, 2.24) is 10.3 Å². The third-order valence-corrected chi connectivity index (χ3v) is 4.13. The van der Waals surface area contributed by atoms with Crippen molar-refractivity contribution < 1.29 is 4.79 Å². The molecule has 114 valence electrons. The van der Waals surface area contributed by atoms with Gasteiger partial charge in [-0.2, -0.15) is 0 Å². The Morgan fingerprint density at radius 1 is 1.18 bits per heavy atom. The number of anilines is 1. The standard InChI is InChI=1S/C16H15Cl2N3O/c17-13-5-1-10(7-14(13)18)8-19-15-6-2-11(9-20-15)16(22)21-12-3-4-12/h1-2,5-7,9,12H,3-4,8H2,(H,19,20)(H,21,22). The monoisotopic (exact) mass is 335 g/mol. The molecule has 1 aliphatic rings. The Morgan fingerprint density at radius 3 is 2.64 bits per heavy atom. The molecule has 1 aliphatic carbocycles. The molecule has 0 saturated heterocycles. The molecule has 4 nitrogen and oxygen atoms in total. The van der Waals surface area contributed by atoms with Crippen molar-refractivity contribution in [3.05, 3.63) is 57.7 Å². The highest BCUT2D eigenvalue weighted by Crippen LogP contribution is 2.23. The zero-order valence-corrected chi connectivity index (χ0v) is 13.3. The maximum absolute atomic E-state index is 11.9. The van der Waals surface area contributed by atoms with Crippen LogP contribution in [0, 0.1) is 0 Å². The lowest BCUT2D eigenvalue weighted by Gasteiger charge is -2.08. The molecule has 0 atom stereocenters. The number of carbonyl (C=O) groups is 1. The van der Waals surface area contributed by atoms with Gasteiger partial charge in [-0.3, -0.25) is 4.79 Å². The molecule has 1 aromatic carbocycles. The van der Waals surface area contributed by atoms with Gasteiger partial charge in [-0.15, -0.1) is 0 Å². The average Bonchev–Trinajstić information content (AvgIpc) is 3.33. The Labute approximate surface area is 138 Å². The largest absolute Gasteiger partial charge is 0.366 e. The average molecular weight is 336 g/mol. The van der Waals surface area contributed by atoms with E-state index in [1.807, 2.05) is 12.1 Å². The van der Waals surface area contributed by atoms with Gasteiger partial charge in [0, 0.05) is 18.8 Å². The predicted molar refractivity (Wildman–Crippen MR) is 88.5 cm³/mol. The number of hydrogen-bond donors (Lipinski definition) is 2. The summed E-state index contributed by atoms with van der Waals surface area (Å²) in [6.45, 7) is 0.581. The molecule has 0 spiro atoms. The molecule has 1 aromatic heterocycles. The quantitative estimate of drug-likeness (QED) is 0.871. The maximum atomic E-state index is 11.9. The number of aromatic nitrogens is 1. The number of amides is 1. The zero-order chi connectivity index (χ0) is 15.5. The lowest BCUT2D eigenvalue weighted by atomic mass is 10.2. The minimum Gasteiger partial charge on any atom is -0.366 e. The van der Waals surface area contributed by atoms with E-state index in [4.69, 9.17) is 23.2 Å². The number of nitrogens with zero attached hydrogens (tertiary/aromatic N) is 1. The Morgan fingerprint density at radius 2 is 2.00 bits per heavy atom. The minimum atomic E-state index is -0.0639. The lowest BCUT2D eigenvalue weighted by molar-refractivity contribution is 0.0951. The van der Waals surface area contributed by atoms with E-state index < -0.39 is 0 Å². The first kappa shape index (κ1) is 15.1. The maximum Gasteiger partial charge on any atom is 0.253 e. The second kappa shape index (κ2) is 6.55. The van der Waals surface area contributed by atoms with Gasteiger partial charge in [-0.05, 0) is 42.7 Å². The molecule has 1 fully saturated rings. The van der Waals surface area contributed by atoms with Gasteiger partial charge < -0.3 is 10.6 Å². The third-order valence-electron chi connectivity index (χ3n) is 3.40. The SMILES string of the molecule is O=C(NC1CC1)c1ccc(NCc2ccc(Cl)c(Cl)c2)nc1. The second-order valence-corrected chi connectivity index (χ2v) is 6.10. The van der Waals surface area contributed by atoms with Crippen LogP contribution in [0.2, 0.25) is 10.0 Å². The fraction of sp³-hybridized carbons (Fsp3) is 0.250. The van der Waals surface area contributed by atoms with Crippen molar-refractivity contribution in [2.75, 3.05) is 5.32 Å². The summed E-state index contributed by atoms with van der Waals surface area (Å²) in [7, 11) is 0. The van der Waals surface area contributed by atoms with Gasteiger partial charge in [0.25, 0.3) is 5.91 Å². The van der Waals surface area contributed by atoms with Crippen LogP contribution in [0.15, 0.2) is 36.5 Å². The predicted octanol–water partition coefficient (Wildman–Crippen LogP) is 3.89. The smallest absolute Gasteiger partial charge is 0.253 e. The van der Waals surface area contributed by atoms with Gasteiger partial charge in [0.15, 0.2) is 0 Å². The minimum absolute atomic E-state index is 0.0639. The highest BCUT2D eigenvalue weighted by atomic mass is 35.5. The summed E-state index contributed by atoms with van der Waals surface area (Å²) in [6, 6.07) is 9.38. The van der Waals surface area contributed by atoms with Crippen molar-refractivity contribution in [3.63, 3.8) is 0 Å². The van der Waals surface area contributed by atoms with E-state index in [2.05, 4.69) is 15.6 Å². The molecule has 1 heterocycles. The first-order valence-corrected chi connectivity index (χ1v) is 7.82. The summed E-state index contributed by atoms with van der Waals surface area (Å²) in [5, 5.41) is 7.18. The van der Waals surface area contributed by atoms with Crippen LogP contribution in [0.4, 0.5) is 5.82 Å². The number of hydrogen-bond acceptors (Lipinski definition) is 3. The fourth-order valence-electron chi connectivity index (χ4n) is 1.97. The molecule has 0 aliphatic heterocycles. The summed E-state index contributed by atoms with van der Waals surface area (Å²) < 4.78 is 0. The molecule has 0 bridgehead atoms. The van der Waals surface area contributed by atoms with Gasteiger partial charge in [0.1, 0.15) is 5.82 Å². The summed E-state index contributed by atoms with van der Waals surface area (Å²) >= 11 is 11.9. The molecular weight excluding hydrogens is 321 g/mol. The highest BCUT2D eigenvalue weighted by Gasteiger charge is 2.23. The number of carbonyl (C=O) groups excluding carboxylic acids is 1. The van der Waals surface area contributed by atoms with Crippen LogP contribution >= 0.6 is 23.2 Å². The Bertz CT molecular complexity index is 684. The van der Waals surface area contributed by atoms with Gasteiger partial charge >= 0.3 is 0 Å². The fourth-order valence-corrected chi connectivity index (χ4v) is 2.29. The first-order valence-electron chi connectivity index (χ1n) is 7.06. The molecule has 3 rings (SSSR count). The van der Waals surface area contributed by atoms with E-state index in [9.17, 15) is 4.79 Å². The number of pyridine rings is 1. The van der Waals surface area contributed by atoms with E-state index >= 15 is 0 Å². The summed E-state index contributed by atoms with van der Waals surface area (Å²) in [6.07, 6.45) is 3.72. The number of benzene rings is 1. The van der Waals surface area contributed by atoms with Crippen molar-refractivity contribution in [1.29, 1.82) is 0 Å². The molecule has 22 heavy (non-hydrogen) atoms. The highest BCUT2D eigenvalue weighted by molar-refractivity contribution is 6.42.